The number of halogens is 1. The molecule has 0 saturated heterocycles. The first kappa shape index (κ1) is 12.3. The van der Waals surface area contributed by atoms with Crippen molar-refractivity contribution < 1.29 is 4.74 Å². The number of ether oxygens (including phenoxy) is 1. The lowest BCUT2D eigenvalue weighted by Gasteiger charge is -2.25. The lowest BCUT2D eigenvalue weighted by molar-refractivity contribution is 0.000697. The molecule has 1 heterocycles. The molecule has 0 saturated carbocycles. The number of pyridine rings is 1. The van der Waals surface area contributed by atoms with Gasteiger partial charge >= 0.3 is 0 Å². The number of aromatic nitrogens is 1. The third kappa shape index (κ3) is 4.49. The van der Waals surface area contributed by atoms with Crippen LogP contribution in [0.4, 0.5) is 5.69 Å². The Balaban J connectivity index is 2.49. The molecule has 1 aromatic rings. The predicted molar refractivity (Wildman–Crippen MR) is 63.4 cm³/mol. The van der Waals surface area contributed by atoms with Crippen LogP contribution >= 0.6 is 11.6 Å². The second-order valence-corrected chi connectivity index (χ2v) is 4.30. The molecule has 0 fully saturated rings. The predicted octanol–water partition coefficient (Wildman–Crippen LogP) is 2.96. The van der Waals surface area contributed by atoms with E-state index in [1.807, 2.05) is 26.8 Å². The van der Waals surface area contributed by atoms with Gasteiger partial charge in [0.25, 0.3) is 0 Å². The van der Waals surface area contributed by atoms with Gasteiger partial charge in [-0.15, -0.1) is 0 Å². The van der Waals surface area contributed by atoms with E-state index in [-0.39, 0.29) is 5.60 Å². The molecule has 0 aromatic carbocycles. The van der Waals surface area contributed by atoms with Crippen LogP contribution in [0.15, 0.2) is 18.3 Å². The molecule has 0 unspecified atom stereocenters. The van der Waals surface area contributed by atoms with Crippen molar-refractivity contribution in [2.24, 2.45) is 0 Å². The van der Waals surface area contributed by atoms with Crippen molar-refractivity contribution in [2.75, 3.05) is 18.5 Å². The molecule has 0 amide bonds. The molecule has 0 spiro atoms. The third-order valence-electron chi connectivity index (χ3n) is 1.98. The van der Waals surface area contributed by atoms with Gasteiger partial charge in [-0.25, -0.2) is 4.98 Å². The van der Waals surface area contributed by atoms with Gasteiger partial charge in [-0.1, -0.05) is 11.6 Å². The molecular formula is C11H17ClN2O. The number of nitrogens with zero attached hydrogens (tertiary/aromatic N) is 1. The molecule has 0 aliphatic rings. The molecular weight excluding hydrogens is 212 g/mol. The highest BCUT2D eigenvalue weighted by molar-refractivity contribution is 6.29. The minimum absolute atomic E-state index is 0.176. The Kier molecular flexibility index (Phi) is 4.36. The fraction of sp³-hybridized carbons (Fsp3) is 0.545. The molecule has 0 radical (unpaired) electrons. The highest BCUT2D eigenvalue weighted by Crippen LogP contribution is 2.15. The Morgan fingerprint density at radius 2 is 2.27 bits per heavy atom. The van der Waals surface area contributed by atoms with E-state index in [0.717, 1.165) is 12.2 Å². The van der Waals surface area contributed by atoms with Gasteiger partial charge in [-0.05, 0) is 32.9 Å². The minimum atomic E-state index is -0.176. The highest BCUT2D eigenvalue weighted by Gasteiger charge is 2.16. The van der Waals surface area contributed by atoms with E-state index in [2.05, 4.69) is 10.3 Å². The van der Waals surface area contributed by atoms with E-state index >= 15 is 0 Å². The van der Waals surface area contributed by atoms with Crippen LogP contribution in [-0.2, 0) is 4.74 Å². The van der Waals surface area contributed by atoms with Crippen molar-refractivity contribution in [1.82, 2.24) is 4.98 Å². The largest absolute Gasteiger partial charge is 0.382 e. The molecule has 84 valence electrons. The van der Waals surface area contributed by atoms with Gasteiger partial charge < -0.3 is 10.1 Å². The Morgan fingerprint density at radius 1 is 1.53 bits per heavy atom. The summed E-state index contributed by atoms with van der Waals surface area (Å²) in [6, 6.07) is 3.68. The monoisotopic (exact) mass is 228 g/mol. The fourth-order valence-corrected chi connectivity index (χ4v) is 1.44. The van der Waals surface area contributed by atoms with Gasteiger partial charge in [0.2, 0.25) is 0 Å². The maximum atomic E-state index is 5.77. The van der Waals surface area contributed by atoms with Crippen molar-refractivity contribution in [3.63, 3.8) is 0 Å². The topological polar surface area (TPSA) is 34.1 Å². The van der Waals surface area contributed by atoms with Gasteiger partial charge in [0.15, 0.2) is 0 Å². The summed E-state index contributed by atoms with van der Waals surface area (Å²) in [4.78, 5) is 3.91. The van der Waals surface area contributed by atoms with Crippen LogP contribution in [0, 0.1) is 0 Å². The van der Waals surface area contributed by atoms with E-state index in [9.17, 15) is 0 Å². The molecule has 0 bridgehead atoms. The molecule has 0 atom stereocenters. The third-order valence-corrected chi connectivity index (χ3v) is 2.19. The summed E-state index contributed by atoms with van der Waals surface area (Å²) in [7, 11) is 0. The molecule has 4 heteroatoms. The standard InChI is InChI=1S/C11H17ClN2O/c1-4-15-11(2,3)8-14-9-5-6-13-10(12)7-9/h5-7H,4,8H2,1-3H3,(H,13,14). The van der Waals surface area contributed by atoms with Gasteiger partial charge in [0.05, 0.1) is 5.60 Å². The average molecular weight is 229 g/mol. The number of hydrogen-bond acceptors (Lipinski definition) is 3. The second-order valence-electron chi connectivity index (χ2n) is 3.91. The molecule has 1 N–H and O–H groups in total. The van der Waals surface area contributed by atoms with Crippen LogP contribution in [0.5, 0.6) is 0 Å². The summed E-state index contributed by atoms with van der Waals surface area (Å²) in [5.41, 5.74) is 0.785. The van der Waals surface area contributed by atoms with E-state index in [1.54, 1.807) is 12.3 Å². The van der Waals surface area contributed by atoms with E-state index in [1.165, 1.54) is 0 Å². The number of nitrogens with one attached hydrogen (secondary N) is 1. The minimum Gasteiger partial charge on any atom is -0.382 e. The summed E-state index contributed by atoms with van der Waals surface area (Å²) in [5, 5.41) is 3.76. The van der Waals surface area contributed by atoms with Crippen molar-refractivity contribution in [1.29, 1.82) is 0 Å². The summed E-state index contributed by atoms with van der Waals surface area (Å²) in [6.07, 6.45) is 1.68. The summed E-state index contributed by atoms with van der Waals surface area (Å²) >= 11 is 5.77. The van der Waals surface area contributed by atoms with Gasteiger partial charge in [0, 0.05) is 25.0 Å². The highest BCUT2D eigenvalue weighted by atomic mass is 35.5. The molecule has 0 aliphatic heterocycles. The fourth-order valence-electron chi connectivity index (χ4n) is 1.27. The van der Waals surface area contributed by atoms with E-state index in [0.29, 0.717) is 11.8 Å². The van der Waals surface area contributed by atoms with Crippen LogP contribution < -0.4 is 5.32 Å². The first-order valence-corrected chi connectivity index (χ1v) is 5.41. The van der Waals surface area contributed by atoms with Gasteiger partial charge in [-0.3, -0.25) is 0 Å². The zero-order valence-electron chi connectivity index (χ0n) is 9.38. The summed E-state index contributed by atoms with van der Waals surface area (Å²) in [6.45, 7) is 7.54. The lowest BCUT2D eigenvalue weighted by atomic mass is 10.1. The number of rotatable bonds is 5. The molecule has 1 rings (SSSR count). The Morgan fingerprint density at radius 3 is 2.87 bits per heavy atom. The SMILES string of the molecule is CCOC(C)(C)CNc1ccnc(Cl)c1. The van der Waals surface area contributed by atoms with E-state index in [4.69, 9.17) is 16.3 Å². The zero-order chi connectivity index (χ0) is 11.3. The van der Waals surface area contributed by atoms with Crippen molar-refractivity contribution in [2.45, 2.75) is 26.4 Å². The quantitative estimate of drug-likeness (QED) is 0.787. The van der Waals surface area contributed by atoms with Crippen LogP contribution in [0.2, 0.25) is 5.15 Å². The molecule has 15 heavy (non-hydrogen) atoms. The molecule has 0 aliphatic carbocycles. The summed E-state index contributed by atoms with van der Waals surface area (Å²) in [5.74, 6) is 0. The Bertz CT molecular complexity index is 315. The Labute approximate surface area is 95.8 Å². The van der Waals surface area contributed by atoms with Crippen LogP contribution in [0.25, 0.3) is 0 Å². The maximum Gasteiger partial charge on any atom is 0.131 e. The van der Waals surface area contributed by atoms with Gasteiger partial charge in [-0.2, -0.15) is 0 Å². The first-order chi connectivity index (χ1) is 7.03. The van der Waals surface area contributed by atoms with E-state index < -0.39 is 0 Å². The van der Waals surface area contributed by atoms with Crippen LogP contribution in [0.3, 0.4) is 0 Å². The van der Waals surface area contributed by atoms with Gasteiger partial charge in [0.1, 0.15) is 5.15 Å². The van der Waals surface area contributed by atoms with Crippen molar-refractivity contribution in [3.05, 3.63) is 23.5 Å². The van der Waals surface area contributed by atoms with Crippen LogP contribution in [-0.4, -0.2) is 23.7 Å². The van der Waals surface area contributed by atoms with Crippen molar-refractivity contribution in [3.8, 4) is 0 Å². The average Bonchev–Trinajstić information content (AvgIpc) is 2.15. The van der Waals surface area contributed by atoms with Crippen LogP contribution in [0.1, 0.15) is 20.8 Å². The Hall–Kier alpha value is -0.800. The molecule has 1 aromatic heterocycles. The number of anilines is 1. The smallest absolute Gasteiger partial charge is 0.131 e. The number of hydrogen-bond donors (Lipinski definition) is 1. The first-order valence-electron chi connectivity index (χ1n) is 5.03. The van der Waals surface area contributed by atoms with Crippen molar-refractivity contribution >= 4 is 17.3 Å². The lowest BCUT2D eigenvalue weighted by Crippen LogP contribution is -2.33. The summed E-state index contributed by atoms with van der Waals surface area (Å²) < 4.78 is 5.57. The second kappa shape index (κ2) is 5.33. The molecule has 3 nitrogen and oxygen atoms in total. The zero-order valence-corrected chi connectivity index (χ0v) is 10.1. The normalized spacial score (nSPS) is 11.5. The maximum absolute atomic E-state index is 5.77.